The summed E-state index contributed by atoms with van der Waals surface area (Å²) >= 11 is 17.9. The van der Waals surface area contributed by atoms with Crippen LogP contribution in [0.25, 0.3) is 92.4 Å². The number of para-hydroxylation sites is 15. The van der Waals surface area contributed by atoms with Gasteiger partial charge < -0.3 is 59.5 Å². The van der Waals surface area contributed by atoms with Crippen molar-refractivity contribution in [1.29, 1.82) is 0 Å². The van der Waals surface area contributed by atoms with Crippen molar-refractivity contribution in [2.24, 2.45) is 0 Å². The molecule has 0 saturated carbocycles. The molecule has 0 fully saturated rings. The van der Waals surface area contributed by atoms with E-state index in [-0.39, 0.29) is 51.1 Å². The number of thioether (sulfide) groups is 1. The van der Waals surface area contributed by atoms with E-state index >= 15 is 0 Å². The summed E-state index contributed by atoms with van der Waals surface area (Å²) in [5, 5.41) is 15.2. The topological polar surface area (TPSA) is 184 Å². The summed E-state index contributed by atoms with van der Waals surface area (Å²) in [6.45, 7) is 40.3. The highest BCUT2D eigenvalue weighted by Gasteiger charge is 2.43. The van der Waals surface area contributed by atoms with Gasteiger partial charge >= 0.3 is 11.8 Å². The van der Waals surface area contributed by atoms with Crippen molar-refractivity contribution in [2.75, 3.05) is 49.4 Å². The van der Waals surface area contributed by atoms with Crippen LogP contribution in [0, 0.1) is 27.7 Å². The van der Waals surface area contributed by atoms with Gasteiger partial charge in [0.05, 0.1) is 50.7 Å². The number of hydrogen-bond acceptors (Lipinski definition) is 20. The van der Waals surface area contributed by atoms with E-state index in [1.807, 2.05) is 220 Å². The molecule has 6 aliphatic rings. The number of anilines is 3. The second-order valence-corrected chi connectivity index (χ2v) is 42.6. The van der Waals surface area contributed by atoms with Gasteiger partial charge in [0.15, 0.2) is 34.5 Å². The molecule has 0 bridgehead atoms. The summed E-state index contributed by atoms with van der Waals surface area (Å²) in [5.41, 5.74) is 19.4. The van der Waals surface area contributed by atoms with Crippen LogP contribution in [-0.4, -0.2) is 67.2 Å². The molecule has 19 nitrogen and oxygen atoms in total. The van der Waals surface area contributed by atoms with Gasteiger partial charge in [0, 0.05) is 137 Å². The Bertz CT molecular complexity index is 7710. The third-order valence-corrected chi connectivity index (χ3v) is 30.3. The van der Waals surface area contributed by atoms with E-state index in [9.17, 15) is 19.5 Å². The summed E-state index contributed by atoms with van der Waals surface area (Å²) in [7, 11) is 0. The molecule has 17 aromatic rings. The molecule has 7 aromatic heterocycles. The largest absolute Gasteiger partial charge is 1.00 e. The van der Waals surface area contributed by atoms with Gasteiger partial charge in [-0.1, -0.05) is 234 Å². The van der Waals surface area contributed by atoms with Crippen molar-refractivity contribution in [1.82, 2.24) is 9.97 Å². The lowest BCUT2D eigenvalue weighted by molar-refractivity contribution is -0.679. The number of fused-ring (bicyclic) bond motifs is 10. The summed E-state index contributed by atoms with van der Waals surface area (Å²) in [5.74, 6) is 5.14. The van der Waals surface area contributed by atoms with Crippen molar-refractivity contribution < 1.29 is 82.0 Å². The molecule has 144 heavy (non-hydrogen) atoms. The molecular formula is C116H119BrI2N10O9S6+4. The first-order valence-corrected chi connectivity index (χ1v) is 56.2. The summed E-state index contributed by atoms with van der Waals surface area (Å²) < 4.78 is 47.3. The highest BCUT2D eigenvalue weighted by molar-refractivity contribution is 14.1. The standard InChI is InChI=1S/C27H26N2O2S.C25H23N2O2S2.C24H20N2O3S.C10H12NO.C10H12NS.C8H7NO.C8H7NS.2C2H5I.BrH/c1-5-28-20-12-8-7-11-19(20)27(3,4)23(28)15-17-25(30)18(26(17)32)16-24-29(6-2)21-13-9-10-14-22(21)31-24;1-4-26-18-10-6-8-12-20(18)29-22(26)14-16-24(28)17(25(16)30-3)15-23-27(5-2)19-11-7-9-13-21(19)31-23;1-3-25-17-9-5-7-11-19(17)29-21(25)13-15-23(27)16(24(15)28)14-22-26(4-2)18-10-6-8-12-20(18)30-22;2*1-3-11-8(2)12-10-7-5-4-6-9(10)11;2*1-6-9-7-4-2-3-5-8(7)10-6;2*1-2-3;/h7-16H,5-6H2,1-4H3;6-15H,4-5H2,1-3H3;5-14H,3-4H2,1-2H3;2*4-7H,3H2,1-2H3;2*2-5H,1H3;2*2H2,1H3;1H/q;+1;;2*+1;;;;;/p+1. The molecular weight excluding hydrogens is 2200 g/mol. The number of Topliss-reactive ketones (excluding diaryl/α,β-unsaturated/α-hetero) is 3. The Morgan fingerprint density at radius 1 is 0.417 bits per heavy atom. The first-order valence-electron chi connectivity index (χ1n) is 48.2. The van der Waals surface area contributed by atoms with Gasteiger partial charge in [-0.25, -0.2) is 9.97 Å². The van der Waals surface area contributed by atoms with Gasteiger partial charge in [-0.2, -0.15) is 22.8 Å². The summed E-state index contributed by atoms with van der Waals surface area (Å²) in [4.78, 5) is 55.8. The number of hydrogen-bond donors (Lipinski definition) is 2. The number of likely N-dealkylation sites (N-methyl/N-ethyl adjacent to an activating group) is 1. The van der Waals surface area contributed by atoms with Crippen LogP contribution in [0.2, 0.25) is 0 Å². The predicted molar refractivity (Wildman–Crippen MR) is 611 cm³/mol. The lowest BCUT2D eigenvalue weighted by Crippen LogP contribution is -3.00. The van der Waals surface area contributed by atoms with Gasteiger partial charge in [-0.3, -0.25) is 14.4 Å². The lowest BCUT2D eigenvalue weighted by atomic mass is 9.81. The van der Waals surface area contributed by atoms with Gasteiger partial charge in [-0.15, -0.1) is 35.7 Å². The Balaban J connectivity index is 0.000000138. The van der Waals surface area contributed by atoms with E-state index in [1.165, 1.54) is 55.8 Å². The normalized spacial score (nSPS) is 15.7. The molecule has 0 atom stereocenters. The molecule has 0 spiro atoms. The molecule has 3 aliphatic heterocycles. The number of thiazole rings is 4. The van der Waals surface area contributed by atoms with E-state index in [4.69, 9.17) is 35.4 Å². The minimum absolute atomic E-state index is 0. The third kappa shape index (κ3) is 22.9. The molecule has 10 heterocycles. The number of thiol groups is 1. The zero-order valence-electron chi connectivity index (χ0n) is 83.9. The van der Waals surface area contributed by atoms with Gasteiger partial charge in [0.2, 0.25) is 50.3 Å². The number of aryl methyl sites for hydroxylation is 9. The molecule has 0 radical (unpaired) electrons. The van der Waals surface area contributed by atoms with Crippen LogP contribution in [0.5, 0.6) is 11.5 Å². The van der Waals surface area contributed by atoms with Crippen LogP contribution < -0.4 is 64.0 Å². The lowest BCUT2D eigenvalue weighted by Gasteiger charge is -2.28. The average Bonchev–Trinajstić information content (AvgIpc) is 1.56. The minimum atomic E-state index is -0.183. The number of oxazole rings is 3. The number of carbonyl (C=O) groups is 3. The molecule has 1 N–H and O–H groups in total. The number of aliphatic hydroxyl groups excluding tert-OH is 1. The van der Waals surface area contributed by atoms with Crippen LogP contribution in [0.15, 0.2) is 341 Å². The molecule has 28 heteroatoms. The quantitative estimate of drug-likeness (QED) is 0.0325. The third-order valence-electron chi connectivity index (χ3n) is 24.7. The van der Waals surface area contributed by atoms with Crippen molar-refractivity contribution in [2.45, 2.75) is 149 Å². The maximum absolute atomic E-state index is 13.2. The fourth-order valence-electron chi connectivity index (χ4n) is 18.0. The smallest absolute Gasteiger partial charge is 0.374 e. The summed E-state index contributed by atoms with van der Waals surface area (Å²) in [6, 6.07) is 81.2. The fourth-order valence-corrected chi connectivity index (χ4v) is 23.4. The van der Waals surface area contributed by atoms with Crippen LogP contribution in [0.3, 0.4) is 0 Å². The van der Waals surface area contributed by atoms with Crippen molar-refractivity contribution in [3.63, 3.8) is 0 Å². The number of rotatable bonds is 15. The summed E-state index contributed by atoms with van der Waals surface area (Å²) in [6.07, 6.45) is 13.2. The number of aliphatic hydroxyl groups is 1. The van der Waals surface area contributed by atoms with Gasteiger partial charge in [0.25, 0.3) is 21.0 Å². The van der Waals surface area contributed by atoms with Gasteiger partial charge in [0.1, 0.15) is 58.1 Å². The second-order valence-electron chi connectivity index (χ2n) is 33.7. The minimum Gasteiger partial charge on any atom is -1.00 e. The van der Waals surface area contributed by atoms with E-state index in [2.05, 4.69) is 268 Å². The Labute approximate surface area is 905 Å². The molecule has 0 amide bonds. The number of aromatic nitrogens is 7. The first kappa shape index (κ1) is 108. The van der Waals surface area contributed by atoms with Crippen molar-refractivity contribution in [3.8, 4) is 11.5 Å². The number of carbonyl (C=O) groups excluding carboxylic acids is 3. The first-order chi connectivity index (χ1) is 69.4. The van der Waals surface area contributed by atoms with E-state index in [0.29, 0.717) is 45.8 Å². The number of allylic oxidation sites excluding steroid dienone is 10. The predicted octanol–water partition coefficient (Wildman–Crippen LogP) is 25.1. The maximum Gasteiger partial charge on any atom is 0.374 e. The van der Waals surface area contributed by atoms with E-state index in [1.54, 1.807) is 57.9 Å². The molecule has 23 rings (SSSR count). The highest BCUT2D eigenvalue weighted by atomic mass is 127. The molecule has 740 valence electrons. The van der Waals surface area contributed by atoms with Crippen LogP contribution in [0.1, 0.15) is 126 Å². The van der Waals surface area contributed by atoms with Crippen LogP contribution in [0.4, 0.5) is 17.1 Å². The maximum atomic E-state index is 13.2. The SMILES string of the molecule is CCI.CCI.CCN1/C(=C\C2=C(O)C(=C\c3sc4ccccc4[n+]3CC)/C2=O)Oc2ccccc21.CCN1/C(=C\C2=C(SC)C(=C\c3sc4ccccc4[n+]3CC)/C2=O)Oc2ccccc21.CCN1C(=CC2=C(S)C(=Cc3oc4ccccc4[n+]3CC)C2=O)C(C)(C)c2ccccc21.CC[n+]1c(C)oc2ccccc21.CC[n+]1c(C)sc2ccccc21.Cc1nc2ccccc2o1.Cc1nc2ccccc2s1.[Br-]. The number of alkyl halides is 2. The van der Waals surface area contributed by atoms with E-state index < -0.39 is 0 Å². The Kier molecular flexibility index (Phi) is 37.1. The van der Waals surface area contributed by atoms with Crippen LogP contribution in [-0.2, 0) is 52.5 Å². The second kappa shape index (κ2) is 49.4. The monoisotopic (exact) mass is 2320 g/mol. The number of benzene rings is 10. The number of ketones is 3. The Morgan fingerprint density at radius 3 is 1.35 bits per heavy atom. The number of nitrogens with zero attached hydrogens (tertiary/aromatic N) is 10. The Morgan fingerprint density at radius 2 is 0.840 bits per heavy atom. The van der Waals surface area contributed by atoms with E-state index in [0.717, 1.165) is 161 Å². The molecule has 0 saturated heterocycles. The molecule has 0 unspecified atom stereocenters. The fraction of sp³-hybridized carbons (Fsp3) is 0.241. The number of halogens is 3. The Hall–Kier alpha value is -11.7. The average molecular weight is 2320 g/mol. The van der Waals surface area contributed by atoms with Crippen molar-refractivity contribution in [3.05, 3.63) is 371 Å². The molecule has 10 aromatic carbocycles. The highest BCUT2D eigenvalue weighted by Crippen LogP contribution is 2.51. The van der Waals surface area contributed by atoms with Crippen molar-refractivity contribution >= 4 is 242 Å². The molecule has 3 aliphatic carbocycles. The van der Waals surface area contributed by atoms with Crippen LogP contribution >= 0.6 is 115 Å². The number of ether oxygens (including phenoxy) is 2. The van der Waals surface area contributed by atoms with Gasteiger partial charge in [-0.05, 0) is 174 Å². The zero-order chi connectivity index (χ0) is 101. The zero-order valence-corrected chi connectivity index (χ0v) is 94.8.